The van der Waals surface area contributed by atoms with Gasteiger partial charge < -0.3 is 10.0 Å². The van der Waals surface area contributed by atoms with Gasteiger partial charge in [-0.3, -0.25) is 14.9 Å². The molecule has 20 heavy (non-hydrogen) atoms. The Labute approximate surface area is 115 Å². The van der Waals surface area contributed by atoms with E-state index in [4.69, 9.17) is 0 Å². The summed E-state index contributed by atoms with van der Waals surface area (Å²) in [5, 5.41) is 20.6. The van der Waals surface area contributed by atoms with Gasteiger partial charge in [-0.25, -0.2) is 4.98 Å². The maximum absolute atomic E-state index is 11.6. The molecule has 1 aromatic heterocycles. The monoisotopic (exact) mass is 277 g/mol. The Morgan fingerprint density at radius 3 is 3.05 bits per heavy atom. The zero-order valence-corrected chi connectivity index (χ0v) is 10.9. The molecule has 2 atom stereocenters. The van der Waals surface area contributed by atoms with Crippen LogP contribution < -0.4 is 4.90 Å². The topological polar surface area (TPSA) is 96.6 Å². The lowest BCUT2D eigenvalue weighted by atomic mass is 9.81. The first-order valence-electron chi connectivity index (χ1n) is 6.62. The van der Waals surface area contributed by atoms with Crippen molar-refractivity contribution >= 4 is 17.5 Å². The molecule has 0 amide bonds. The smallest absolute Gasteiger partial charge is 0.311 e. The molecule has 2 aliphatic rings. The molecule has 0 spiro atoms. The van der Waals surface area contributed by atoms with Crippen molar-refractivity contribution in [3.63, 3.8) is 0 Å². The first-order chi connectivity index (χ1) is 9.54. The molecule has 0 bridgehead atoms. The number of aliphatic carboxylic acids is 1. The summed E-state index contributed by atoms with van der Waals surface area (Å²) >= 11 is 0. The minimum absolute atomic E-state index is 0.0570. The fourth-order valence-corrected chi connectivity index (χ4v) is 3.57. The van der Waals surface area contributed by atoms with Gasteiger partial charge >= 0.3 is 11.7 Å². The quantitative estimate of drug-likeness (QED) is 0.667. The fraction of sp³-hybridized carbons (Fsp3) is 0.538. The molecular weight excluding hydrogens is 262 g/mol. The van der Waals surface area contributed by atoms with Crippen molar-refractivity contribution < 1.29 is 14.8 Å². The van der Waals surface area contributed by atoms with Crippen molar-refractivity contribution in [2.24, 2.45) is 11.3 Å². The largest absolute Gasteiger partial charge is 0.481 e. The van der Waals surface area contributed by atoms with E-state index in [0.717, 1.165) is 12.8 Å². The molecule has 3 rings (SSSR count). The second-order valence-corrected chi connectivity index (χ2v) is 5.53. The highest BCUT2D eigenvalue weighted by molar-refractivity contribution is 5.78. The molecule has 0 aromatic carbocycles. The van der Waals surface area contributed by atoms with Crippen molar-refractivity contribution in [3.05, 3.63) is 28.4 Å². The highest BCUT2D eigenvalue weighted by atomic mass is 16.6. The first kappa shape index (κ1) is 12.8. The number of aromatic nitrogens is 1. The molecule has 2 heterocycles. The molecule has 1 aliphatic heterocycles. The summed E-state index contributed by atoms with van der Waals surface area (Å²) < 4.78 is 0. The van der Waals surface area contributed by atoms with E-state index in [1.807, 2.05) is 0 Å². The third-order valence-corrected chi connectivity index (χ3v) is 4.56. The van der Waals surface area contributed by atoms with Crippen molar-refractivity contribution in [3.8, 4) is 0 Å². The number of carboxylic acids is 1. The summed E-state index contributed by atoms with van der Waals surface area (Å²) in [5.41, 5.74) is -0.821. The molecule has 2 fully saturated rings. The number of nitrogens with zero attached hydrogens (tertiary/aromatic N) is 3. The van der Waals surface area contributed by atoms with Crippen LogP contribution in [0, 0.1) is 21.4 Å². The van der Waals surface area contributed by atoms with Gasteiger partial charge in [0.1, 0.15) is 0 Å². The van der Waals surface area contributed by atoms with E-state index in [0.29, 0.717) is 19.5 Å². The van der Waals surface area contributed by atoms with Gasteiger partial charge in [-0.15, -0.1) is 0 Å². The summed E-state index contributed by atoms with van der Waals surface area (Å²) in [4.78, 5) is 28.1. The van der Waals surface area contributed by atoms with Crippen LogP contribution in [-0.2, 0) is 4.79 Å². The van der Waals surface area contributed by atoms with E-state index in [2.05, 4.69) is 4.98 Å². The average molecular weight is 277 g/mol. The SMILES string of the molecule is O=C(O)[C@@]12CCC[C@H]1CN(c1ncccc1[N+](=O)[O-])C2. The average Bonchev–Trinajstić information content (AvgIpc) is 2.96. The standard InChI is InChI=1S/C13H15N3O4/c17-12(18)13-5-1-3-9(13)7-15(8-13)11-10(16(19)20)4-2-6-14-11/h2,4,6,9H,1,3,5,7-8H2,(H,17,18)/t9-,13+/m0/s1. The number of anilines is 1. The Bertz CT molecular complexity index is 576. The molecule has 1 N–H and O–H groups in total. The van der Waals surface area contributed by atoms with Crippen LogP contribution in [-0.4, -0.2) is 34.1 Å². The van der Waals surface area contributed by atoms with E-state index >= 15 is 0 Å². The predicted octanol–water partition coefficient (Wildman–Crippen LogP) is 1.68. The molecule has 1 saturated carbocycles. The number of carboxylic acid groups (broad SMARTS) is 1. The molecule has 1 aromatic rings. The van der Waals surface area contributed by atoms with Gasteiger partial charge in [0.25, 0.3) is 0 Å². The fourth-order valence-electron chi connectivity index (χ4n) is 3.57. The van der Waals surface area contributed by atoms with Crippen molar-refractivity contribution in [1.29, 1.82) is 0 Å². The molecule has 7 nitrogen and oxygen atoms in total. The van der Waals surface area contributed by atoms with Crippen molar-refractivity contribution in [2.75, 3.05) is 18.0 Å². The van der Waals surface area contributed by atoms with E-state index in [-0.39, 0.29) is 17.4 Å². The normalized spacial score (nSPS) is 28.4. The summed E-state index contributed by atoms with van der Waals surface area (Å²) in [6, 6.07) is 2.93. The Hall–Kier alpha value is -2.18. The van der Waals surface area contributed by atoms with E-state index in [9.17, 15) is 20.0 Å². The lowest BCUT2D eigenvalue weighted by Gasteiger charge is -2.23. The first-order valence-corrected chi connectivity index (χ1v) is 6.62. The van der Waals surface area contributed by atoms with Crippen LogP contribution >= 0.6 is 0 Å². The summed E-state index contributed by atoms with van der Waals surface area (Å²) in [5.74, 6) is -0.449. The van der Waals surface area contributed by atoms with Crippen LogP contribution in [0.2, 0.25) is 0 Å². The number of fused-ring (bicyclic) bond motifs is 1. The maximum atomic E-state index is 11.6. The third kappa shape index (κ3) is 1.73. The Balaban J connectivity index is 1.95. The van der Waals surface area contributed by atoms with Gasteiger partial charge in [0.15, 0.2) is 0 Å². The minimum atomic E-state index is -0.791. The number of rotatable bonds is 3. The predicted molar refractivity (Wildman–Crippen MR) is 70.5 cm³/mol. The van der Waals surface area contributed by atoms with Gasteiger partial charge in [-0.05, 0) is 24.8 Å². The highest BCUT2D eigenvalue weighted by Crippen LogP contribution is 2.50. The Morgan fingerprint density at radius 1 is 1.60 bits per heavy atom. The molecule has 7 heteroatoms. The third-order valence-electron chi connectivity index (χ3n) is 4.56. The van der Waals surface area contributed by atoms with Crippen LogP contribution in [0.4, 0.5) is 11.5 Å². The Morgan fingerprint density at radius 2 is 2.40 bits per heavy atom. The van der Waals surface area contributed by atoms with Gasteiger partial charge in [0.05, 0.1) is 10.3 Å². The van der Waals surface area contributed by atoms with Gasteiger partial charge in [-0.1, -0.05) is 6.42 Å². The molecule has 1 saturated heterocycles. The molecule has 1 aliphatic carbocycles. The number of carbonyl (C=O) groups is 1. The van der Waals surface area contributed by atoms with Gasteiger partial charge in [0, 0.05) is 25.4 Å². The van der Waals surface area contributed by atoms with Gasteiger partial charge in [-0.2, -0.15) is 0 Å². The minimum Gasteiger partial charge on any atom is -0.481 e. The van der Waals surface area contributed by atoms with E-state index in [1.54, 1.807) is 4.90 Å². The molecule has 106 valence electrons. The van der Waals surface area contributed by atoms with Crippen LogP contribution in [0.15, 0.2) is 18.3 Å². The zero-order valence-electron chi connectivity index (χ0n) is 10.9. The molecule has 0 radical (unpaired) electrons. The van der Waals surface area contributed by atoms with Crippen LogP contribution in [0.3, 0.4) is 0 Å². The van der Waals surface area contributed by atoms with Gasteiger partial charge in [0.2, 0.25) is 5.82 Å². The summed E-state index contributed by atoms with van der Waals surface area (Å²) in [7, 11) is 0. The molecular formula is C13H15N3O4. The van der Waals surface area contributed by atoms with Crippen LogP contribution in [0.1, 0.15) is 19.3 Å². The van der Waals surface area contributed by atoms with E-state index < -0.39 is 16.3 Å². The number of hydrogen-bond acceptors (Lipinski definition) is 5. The van der Waals surface area contributed by atoms with Crippen LogP contribution in [0.25, 0.3) is 0 Å². The zero-order chi connectivity index (χ0) is 14.3. The van der Waals surface area contributed by atoms with E-state index in [1.165, 1.54) is 18.3 Å². The lowest BCUT2D eigenvalue weighted by molar-refractivity contribution is -0.384. The Kier molecular flexibility index (Phi) is 2.84. The highest BCUT2D eigenvalue weighted by Gasteiger charge is 2.55. The second-order valence-electron chi connectivity index (χ2n) is 5.53. The van der Waals surface area contributed by atoms with Crippen LogP contribution in [0.5, 0.6) is 0 Å². The second kappa shape index (κ2) is 4.43. The van der Waals surface area contributed by atoms with Crippen molar-refractivity contribution in [2.45, 2.75) is 19.3 Å². The summed E-state index contributed by atoms with van der Waals surface area (Å²) in [6.07, 6.45) is 3.92. The number of hydrogen-bond donors (Lipinski definition) is 1. The number of nitro groups is 1. The maximum Gasteiger partial charge on any atom is 0.311 e. The van der Waals surface area contributed by atoms with Crippen molar-refractivity contribution in [1.82, 2.24) is 4.98 Å². The number of pyridine rings is 1. The lowest BCUT2D eigenvalue weighted by Crippen LogP contribution is -2.35. The molecule has 0 unspecified atom stereocenters. The summed E-state index contributed by atoms with van der Waals surface area (Å²) in [6.45, 7) is 0.842.